The summed E-state index contributed by atoms with van der Waals surface area (Å²) in [6.45, 7) is 2.00. The van der Waals surface area contributed by atoms with Gasteiger partial charge in [0, 0.05) is 11.8 Å². The van der Waals surface area contributed by atoms with Gasteiger partial charge in [-0.1, -0.05) is 30.3 Å². The Morgan fingerprint density at radius 2 is 2.00 bits per heavy atom. The molecule has 126 valence electrons. The molecule has 0 aliphatic rings. The second-order valence-electron chi connectivity index (χ2n) is 5.51. The molecule has 2 aromatic carbocycles. The molecule has 0 radical (unpaired) electrons. The summed E-state index contributed by atoms with van der Waals surface area (Å²) in [4.78, 5) is 12.1. The summed E-state index contributed by atoms with van der Waals surface area (Å²) in [6, 6.07) is 15.8. The monoisotopic (exact) mass is 336 g/mol. The molecule has 1 N–H and O–H groups in total. The van der Waals surface area contributed by atoms with Crippen molar-refractivity contribution in [2.75, 3.05) is 0 Å². The van der Waals surface area contributed by atoms with Gasteiger partial charge in [0.25, 0.3) is 0 Å². The third-order valence-electron chi connectivity index (χ3n) is 3.70. The first kappa shape index (κ1) is 16.6. The van der Waals surface area contributed by atoms with E-state index < -0.39 is 0 Å². The number of rotatable bonds is 5. The van der Waals surface area contributed by atoms with Crippen LogP contribution in [0.2, 0.25) is 0 Å². The molecule has 0 aliphatic carbocycles. The van der Waals surface area contributed by atoms with E-state index in [2.05, 4.69) is 15.5 Å². The summed E-state index contributed by atoms with van der Waals surface area (Å²) < 4.78 is 15.1. The number of amides is 1. The van der Waals surface area contributed by atoms with Crippen molar-refractivity contribution >= 4 is 11.5 Å². The molecule has 5 nitrogen and oxygen atoms in total. The number of carbonyl (C=O) groups excluding carboxylic acids is 1. The molecule has 0 atom stereocenters. The van der Waals surface area contributed by atoms with Crippen LogP contribution in [0, 0.1) is 5.82 Å². The predicted octanol–water partition coefficient (Wildman–Crippen LogP) is 3.13. The average Bonchev–Trinajstić information content (AvgIpc) is 3.09. The smallest absolute Gasteiger partial charge is 0.244 e. The number of hydrogen-bond acceptors (Lipinski definition) is 3. The zero-order valence-corrected chi connectivity index (χ0v) is 13.7. The molecule has 3 rings (SSSR count). The maximum Gasteiger partial charge on any atom is 0.244 e. The van der Waals surface area contributed by atoms with Crippen LogP contribution >= 0.6 is 0 Å². The van der Waals surface area contributed by atoms with Gasteiger partial charge < -0.3 is 5.32 Å². The minimum absolute atomic E-state index is 0.237. The molecule has 1 aromatic heterocycles. The molecular formula is C19H17FN4O. The van der Waals surface area contributed by atoms with E-state index in [0.29, 0.717) is 17.0 Å². The van der Waals surface area contributed by atoms with Crippen molar-refractivity contribution < 1.29 is 9.18 Å². The van der Waals surface area contributed by atoms with Crippen molar-refractivity contribution in [3.63, 3.8) is 0 Å². The molecule has 1 heterocycles. The lowest BCUT2D eigenvalue weighted by molar-refractivity contribution is -0.116. The van der Waals surface area contributed by atoms with Gasteiger partial charge in [0.15, 0.2) is 5.82 Å². The zero-order chi connectivity index (χ0) is 17.6. The third-order valence-corrected chi connectivity index (χ3v) is 3.70. The van der Waals surface area contributed by atoms with Gasteiger partial charge in [0.05, 0.1) is 6.54 Å². The number of aromatic nitrogens is 3. The fraction of sp³-hybridized carbons (Fsp3) is 0.105. The largest absolute Gasteiger partial charge is 0.345 e. The third kappa shape index (κ3) is 4.17. The number of benzene rings is 2. The molecule has 1 amide bonds. The fourth-order valence-corrected chi connectivity index (χ4v) is 2.41. The van der Waals surface area contributed by atoms with Crippen molar-refractivity contribution in [3.05, 3.63) is 84.2 Å². The van der Waals surface area contributed by atoms with E-state index in [1.807, 2.05) is 34.9 Å². The van der Waals surface area contributed by atoms with Crippen LogP contribution in [0.15, 0.2) is 67.0 Å². The van der Waals surface area contributed by atoms with Crippen LogP contribution in [0.5, 0.6) is 0 Å². The van der Waals surface area contributed by atoms with E-state index in [4.69, 9.17) is 0 Å². The second-order valence-corrected chi connectivity index (χ2v) is 5.51. The highest BCUT2D eigenvalue weighted by Gasteiger charge is 2.08. The molecule has 0 bridgehead atoms. The first-order valence-electron chi connectivity index (χ1n) is 7.80. The lowest BCUT2D eigenvalue weighted by Crippen LogP contribution is -2.22. The number of nitrogens with zero attached hydrogens (tertiary/aromatic N) is 3. The van der Waals surface area contributed by atoms with Crippen LogP contribution < -0.4 is 5.32 Å². The first-order chi connectivity index (χ1) is 12.1. The SMILES string of the molecule is C/C(=C/C(=O)NCc1nncn1-c1ccccc1)c1cccc(F)c1. The van der Waals surface area contributed by atoms with Crippen LogP contribution in [-0.2, 0) is 11.3 Å². The maximum atomic E-state index is 13.3. The molecule has 0 unspecified atom stereocenters. The lowest BCUT2D eigenvalue weighted by Gasteiger charge is -2.07. The summed E-state index contributed by atoms with van der Waals surface area (Å²) in [6.07, 6.45) is 3.04. The van der Waals surface area contributed by atoms with Crippen LogP contribution in [0.1, 0.15) is 18.3 Å². The molecule has 3 aromatic rings. The molecule has 0 spiro atoms. The lowest BCUT2D eigenvalue weighted by atomic mass is 10.1. The van der Waals surface area contributed by atoms with Crippen molar-refractivity contribution in [3.8, 4) is 5.69 Å². The first-order valence-corrected chi connectivity index (χ1v) is 7.80. The van der Waals surface area contributed by atoms with Gasteiger partial charge >= 0.3 is 0 Å². The van der Waals surface area contributed by atoms with Crippen LogP contribution in [0.3, 0.4) is 0 Å². The number of carbonyl (C=O) groups is 1. The van der Waals surface area contributed by atoms with Gasteiger partial charge in [-0.25, -0.2) is 4.39 Å². The highest BCUT2D eigenvalue weighted by atomic mass is 19.1. The van der Waals surface area contributed by atoms with E-state index >= 15 is 0 Å². The Balaban J connectivity index is 1.67. The Kier molecular flexibility index (Phi) is 4.99. The molecule has 6 heteroatoms. The van der Waals surface area contributed by atoms with Gasteiger partial charge in [-0.15, -0.1) is 10.2 Å². The van der Waals surface area contributed by atoms with E-state index in [1.165, 1.54) is 18.2 Å². The topological polar surface area (TPSA) is 59.8 Å². The Hall–Kier alpha value is -3.28. The Bertz CT molecular complexity index is 903. The van der Waals surface area contributed by atoms with E-state index in [1.54, 1.807) is 25.4 Å². The molecular weight excluding hydrogens is 319 g/mol. The highest BCUT2D eigenvalue weighted by molar-refractivity contribution is 5.94. The summed E-state index contributed by atoms with van der Waals surface area (Å²) in [5, 5.41) is 10.7. The van der Waals surface area contributed by atoms with Crippen molar-refractivity contribution in [1.29, 1.82) is 0 Å². The Morgan fingerprint density at radius 3 is 2.76 bits per heavy atom. The molecule has 0 aliphatic heterocycles. The number of nitrogens with one attached hydrogen (secondary N) is 1. The fourth-order valence-electron chi connectivity index (χ4n) is 2.41. The quantitative estimate of drug-likeness (QED) is 0.728. The summed E-state index contributed by atoms with van der Waals surface area (Å²) in [5.74, 6) is 0.0161. The highest BCUT2D eigenvalue weighted by Crippen LogP contribution is 2.14. The summed E-state index contributed by atoms with van der Waals surface area (Å²) >= 11 is 0. The normalized spacial score (nSPS) is 11.4. The molecule has 0 saturated carbocycles. The molecule has 25 heavy (non-hydrogen) atoms. The van der Waals surface area contributed by atoms with Crippen molar-refractivity contribution in [2.45, 2.75) is 13.5 Å². The molecule has 0 fully saturated rings. The predicted molar refractivity (Wildman–Crippen MR) is 93.3 cm³/mol. The van der Waals surface area contributed by atoms with Crippen molar-refractivity contribution in [2.24, 2.45) is 0 Å². The second kappa shape index (κ2) is 7.53. The van der Waals surface area contributed by atoms with Gasteiger partial charge in [-0.05, 0) is 42.3 Å². The zero-order valence-electron chi connectivity index (χ0n) is 13.7. The number of halogens is 1. The standard InChI is InChI=1S/C19H17FN4O/c1-14(15-6-5-7-16(20)11-15)10-19(25)21-12-18-23-22-13-24(18)17-8-3-2-4-9-17/h2-11,13H,12H2,1H3,(H,21,25)/b14-10-. The average molecular weight is 336 g/mol. The van der Waals surface area contributed by atoms with E-state index in [-0.39, 0.29) is 18.3 Å². The van der Waals surface area contributed by atoms with Crippen LogP contribution in [0.4, 0.5) is 4.39 Å². The minimum atomic E-state index is -0.332. The molecule has 0 saturated heterocycles. The maximum absolute atomic E-state index is 13.3. The number of allylic oxidation sites excluding steroid dienone is 1. The number of hydrogen-bond donors (Lipinski definition) is 1. The Morgan fingerprint density at radius 1 is 1.20 bits per heavy atom. The van der Waals surface area contributed by atoms with Gasteiger partial charge in [0.1, 0.15) is 12.1 Å². The van der Waals surface area contributed by atoms with Gasteiger partial charge in [-0.3, -0.25) is 9.36 Å². The summed E-state index contributed by atoms with van der Waals surface area (Å²) in [7, 11) is 0. The number of para-hydroxylation sites is 1. The summed E-state index contributed by atoms with van der Waals surface area (Å²) in [5.41, 5.74) is 2.27. The van der Waals surface area contributed by atoms with Crippen molar-refractivity contribution in [1.82, 2.24) is 20.1 Å². The minimum Gasteiger partial charge on any atom is -0.345 e. The van der Waals surface area contributed by atoms with Crippen LogP contribution in [0.25, 0.3) is 11.3 Å². The van der Waals surface area contributed by atoms with Gasteiger partial charge in [0.2, 0.25) is 5.91 Å². The Labute approximate surface area is 144 Å². The van der Waals surface area contributed by atoms with E-state index in [0.717, 1.165) is 5.69 Å². The van der Waals surface area contributed by atoms with Gasteiger partial charge in [-0.2, -0.15) is 0 Å². The van der Waals surface area contributed by atoms with E-state index in [9.17, 15) is 9.18 Å². The van der Waals surface area contributed by atoms with Crippen LogP contribution in [-0.4, -0.2) is 20.7 Å².